The summed E-state index contributed by atoms with van der Waals surface area (Å²) in [6, 6.07) is 13.2. The van der Waals surface area contributed by atoms with Gasteiger partial charge in [0.1, 0.15) is 0 Å². The summed E-state index contributed by atoms with van der Waals surface area (Å²) in [7, 11) is 2.06. The van der Waals surface area contributed by atoms with Crippen molar-refractivity contribution in [3.8, 4) is 0 Å². The first-order valence-corrected chi connectivity index (χ1v) is 8.90. The quantitative estimate of drug-likeness (QED) is 0.470. The van der Waals surface area contributed by atoms with Crippen molar-refractivity contribution >= 4 is 29.3 Å². The van der Waals surface area contributed by atoms with E-state index in [0.29, 0.717) is 11.3 Å². The maximum Gasteiger partial charge on any atom is 0.339 e. The van der Waals surface area contributed by atoms with Crippen LogP contribution in [0.3, 0.4) is 0 Å². The van der Waals surface area contributed by atoms with Crippen molar-refractivity contribution in [3.63, 3.8) is 0 Å². The van der Waals surface area contributed by atoms with Gasteiger partial charge in [-0.1, -0.05) is 18.2 Å². The predicted octanol–water partition coefficient (Wildman–Crippen LogP) is 2.50. The van der Waals surface area contributed by atoms with Crippen LogP contribution in [0.2, 0.25) is 0 Å². The summed E-state index contributed by atoms with van der Waals surface area (Å²) in [4.78, 5) is 27.0. The lowest BCUT2D eigenvalue weighted by Gasteiger charge is -2.34. The highest BCUT2D eigenvalue weighted by Gasteiger charge is 2.18. The van der Waals surface area contributed by atoms with E-state index in [0.717, 1.165) is 31.9 Å². The third-order valence-electron chi connectivity index (χ3n) is 4.47. The Kier molecular flexibility index (Phi) is 6.18. The third-order valence-corrected chi connectivity index (χ3v) is 4.47. The second-order valence-electron chi connectivity index (χ2n) is 6.48. The minimum atomic E-state index is -0.492. The molecular weight excluding hydrogens is 360 g/mol. The van der Waals surface area contributed by atoms with Gasteiger partial charge in [-0.3, -0.25) is 10.1 Å². The van der Waals surface area contributed by atoms with Gasteiger partial charge in [0, 0.05) is 55.2 Å². The molecule has 28 heavy (non-hydrogen) atoms. The van der Waals surface area contributed by atoms with E-state index in [1.807, 2.05) is 18.2 Å². The molecule has 0 aliphatic carbocycles. The number of carbonyl (C=O) groups excluding carboxylic acids is 1. The Morgan fingerprint density at radius 3 is 2.54 bits per heavy atom. The number of amides is 2. The monoisotopic (exact) mass is 382 g/mol. The van der Waals surface area contributed by atoms with Crippen molar-refractivity contribution in [2.75, 3.05) is 43.4 Å². The molecule has 2 amide bonds. The van der Waals surface area contributed by atoms with Crippen LogP contribution >= 0.6 is 0 Å². The number of para-hydroxylation sites is 1. The number of hydrogen-bond donors (Lipinski definition) is 2. The summed E-state index contributed by atoms with van der Waals surface area (Å²) in [6.07, 6.45) is 1.44. The highest BCUT2D eigenvalue weighted by atomic mass is 16.6. The number of anilines is 2. The molecule has 9 heteroatoms. The number of rotatable bonds is 5. The van der Waals surface area contributed by atoms with E-state index in [4.69, 9.17) is 0 Å². The molecule has 2 aromatic carbocycles. The number of benzene rings is 2. The van der Waals surface area contributed by atoms with Gasteiger partial charge in [-0.05, 0) is 25.2 Å². The summed E-state index contributed by atoms with van der Waals surface area (Å²) in [6.45, 7) is 3.45. The van der Waals surface area contributed by atoms with Gasteiger partial charge in [0.05, 0.1) is 11.1 Å². The van der Waals surface area contributed by atoms with Gasteiger partial charge < -0.3 is 15.1 Å². The summed E-state index contributed by atoms with van der Waals surface area (Å²) in [5.41, 5.74) is 4.45. The van der Waals surface area contributed by atoms with Crippen molar-refractivity contribution in [2.45, 2.75) is 0 Å². The van der Waals surface area contributed by atoms with E-state index in [1.165, 1.54) is 18.3 Å². The number of nitrogens with one attached hydrogen (secondary N) is 2. The van der Waals surface area contributed by atoms with Gasteiger partial charge in [0.15, 0.2) is 0 Å². The van der Waals surface area contributed by atoms with Crippen LogP contribution in [0.5, 0.6) is 0 Å². The number of non-ortho nitro benzene ring substituents is 1. The lowest BCUT2D eigenvalue weighted by Crippen LogP contribution is -2.44. The van der Waals surface area contributed by atoms with Crippen molar-refractivity contribution in [2.24, 2.45) is 5.10 Å². The number of carbonyl (C=O) groups is 1. The molecule has 9 nitrogen and oxygen atoms in total. The summed E-state index contributed by atoms with van der Waals surface area (Å²) < 4.78 is 0. The van der Waals surface area contributed by atoms with Gasteiger partial charge >= 0.3 is 6.03 Å². The van der Waals surface area contributed by atoms with Gasteiger partial charge in [-0.15, -0.1) is 0 Å². The number of hydrazone groups is 1. The van der Waals surface area contributed by atoms with E-state index in [-0.39, 0.29) is 5.69 Å². The predicted molar refractivity (Wildman–Crippen MR) is 109 cm³/mol. The Morgan fingerprint density at radius 2 is 1.86 bits per heavy atom. The van der Waals surface area contributed by atoms with Crippen LogP contribution in [0.1, 0.15) is 5.56 Å². The minimum absolute atomic E-state index is 0.0203. The van der Waals surface area contributed by atoms with Crippen LogP contribution in [0.25, 0.3) is 0 Å². The molecule has 1 aliphatic rings. The minimum Gasteiger partial charge on any atom is -0.368 e. The van der Waals surface area contributed by atoms with Gasteiger partial charge in [0.2, 0.25) is 0 Å². The van der Waals surface area contributed by atoms with Crippen molar-refractivity contribution in [1.82, 2.24) is 10.3 Å². The Hall–Kier alpha value is -3.46. The highest BCUT2D eigenvalue weighted by molar-refractivity contribution is 5.92. The first-order chi connectivity index (χ1) is 13.5. The molecule has 0 aromatic heterocycles. The number of nitro benzene ring substituents is 1. The maximum absolute atomic E-state index is 11.9. The van der Waals surface area contributed by atoms with Crippen LogP contribution < -0.4 is 15.6 Å². The standard InChI is InChI=1S/C19H22N6O3/c1-23-9-11-24(12-10-23)18-8-7-17(25(27)28)13-15(18)14-20-22-19(26)21-16-5-3-2-4-6-16/h2-8,13-14H,9-12H2,1H3,(H2,21,22,26). The number of likely N-dealkylation sites (N-methyl/N-ethyl adjacent to an activating group) is 1. The maximum atomic E-state index is 11.9. The summed E-state index contributed by atoms with van der Waals surface area (Å²) in [5, 5.41) is 17.7. The largest absolute Gasteiger partial charge is 0.368 e. The van der Waals surface area contributed by atoms with Crippen molar-refractivity contribution < 1.29 is 9.72 Å². The third kappa shape index (κ3) is 5.04. The normalized spacial score (nSPS) is 14.8. The Balaban J connectivity index is 1.73. The number of nitrogens with zero attached hydrogens (tertiary/aromatic N) is 4. The van der Waals surface area contributed by atoms with Crippen LogP contribution in [-0.2, 0) is 0 Å². The average molecular weight is 382 g/mol. The molecule has 0 saturated carbocycles. The SMILES string of the molecule is CN1CCN(c2ccc([N+](=O)[O-])cc2C=NNC(=O)Nc2ccccc2)CC1. The number of nitro groups is 1. The molecule has 1 fully saturated rings. The molecule has 0 atom stereocenters. The van der Waals surface area contributed by atoms with Crippen LogP contribution in [0, 0.1) is 10.1 Å². The van der Waals surface area contributed by atoms with E-state index in [9.17, 15) is 14.9 Å². The van der Waals surface area contributed by atoms with Gasteiger partial charge in [0.25, 0.3) is 5.69 Å². The lowest BCUT2D eigenvalue weighted by molar-refractivity contribution is -0.384. The second-order valence-corrected chi connectivity index (χ2v) is 6.48. The zero-order valence-corrected chi connectivity index (χ0v) is 15.5. The first-order valence-electron chi connectivity index (χ1n) is 8.90. The number of hydrogen-bond acceptors (Lipinski definition) is 6. The van der Waals surface area contributed by atoms with Gasteiger partial charge in [-0.2, -0.15) is 5.10 Å². The molecule has 2 N–H and O–H groups in total. The fourth-order valence-electron chi connectivity index (χ4n) is 2.94. The molecule has 146 valence electrons. The molecular formula is C19H22N6O3. The molecule has 2 aromatic rings. The molecule has 3 rings (SSSR count). The lowest BCUT2D eigenvalue weighted by atomic mass is 10.1. The Labute approximate surface area is 162 Å². The summed E-state index contributed by atoms with van der Waals surface area (Å²) in [5.74, 6) is 0. The fourth-order valence-corrected chi connectivity index (χ4v) is 2.94. The van der Waals surface area contributed by atoms with Crippen LogP contribution in [-0.4, -0.2) is 55.3 Å². The molecule has 0 bridgehead atoms. The summed E-state index contributed by atoms with van der Waals surface area (Å²) >= 11 is 0. The van der Waals surface area contributed by atoms with Gasteiger partial charge in [-0.25, -0.2) is 10.2 Å². The second kappa shape index (κ2) is 8.96. The molecule has 0 spiro atoms. The van der Waals surface area contributed by atoms with Crippen molar-refractivity contribution in [3.05, 3.63) is 64.2 Å². The molecule has 1 heterocycles. The van der Waals surface area contributed by atoms with E-state index >= 15 is 0 Å². The molecule has 0 radical (unpaired) electrons. The topological polar surface area (TPSA) is 103 Å². The molecule has 1 saturated heterocycles. The Morgan fingerprint density at radius 1 is 1.14 bits per heavy atom. The fraction of sp³-hybridized carbons (Fsp3) is 0.263. The zero-order chi connectivity index (χ0) is 19.9. The van der Waals surface area contributed by atoms with E-state index in [1.54, 1.807) is 18.2 Å². The van der Waals surface area contributed by atoms with Crippen LogP contribution in [0.15, 0.2) is 53.6 Å². The smallest absolute Gasteiger partial charge is 0.339 e. The molecule has 0 unspecified atom stereocenters. The van der Waals surface area contributed by atoms with E-state index < -0.39 is 11.0 Å². The first kappa shape index (κ1) is 19.3. The van der Waals surface area contributed by atoms with E-state index in [2.05, 4.69) is 32.7 Å². The number of piperazine rings is 1. The highest BCUT2D eigenvalue weighted by Crippen LogP contribution is 2.25. The number of urea groups is 1. The zero-order valence-electron chi connectivity index (χ0n) is 15.5. The van der Waals surface area contributed by atoms with Crippen LogP contribution in [0.4, 0.5) is 21.9 Å². The average Bonchev–Trinajstić information content (AvgIpc) is 2.69. The van der Waals surface area contributed by atoms with Crippen molar-refractivity contribution in [1.29, 1.82) is 0 Å². The Bertz CT molecular complexity index is 863. The molecule has 1 aliphatic heterocycles.